The number of ether oxygens (including phenoxy) is 3. The average molecular weight is 415 g/mol. The first-order valence-corrected chi connectivity index (χ1v) is 11.3. The molecule has 2 aliphatic rings. The van der Waals surface area contributed by atoms with E-state index in [4.69, 9.17) is 24.2 Å². The lowest BCUT2D eigenvalue weighted by molar-refractivity contribution is 0.0244. The van der Waals surface area contributed by atoms with Crippen LogP contribution in [-0.4, -0.2) is 54.0 Å². The Kier molecular flexibility index (Phi) is 7.00. The zero-order chi connectivity index (χ0) is 20.9. The lowest BCUT2D eigenvalue weighted by atomic mass is 9.79. The maximum atomic E-state index is 6.28. The van der Waals surface area contributed by atoms with E-state index in [1.807, 2.05) is 12.4 Å². The maximum absolute atomic E-state index is 6.28. The van der Waals surface area contributed by atoms with Gasteiger partial charge in [0.25, 0.3) is 0 Å². The summed E-state index contributed by atoms with van der Waals surface area (Å²) in [4.78, 5) is 14.2. The third-order valence-electron chi connectivity index (χ3n) is 6.31. The van der Waals surface area contributed by atoms with Crippen molar-refractivity contribution in [3.8, 4) is 5.88 Å². The van der Waals surface area contributed by atoms with Gasteiger partial charge in [-0.15, -0.1) is 0 Å². The van der Waals surface area contributed by atoms with Gasteiger partial charge in [-0.3, -0.25) is 0 Å². The lowest BCUT2D eigenvalue weighted by Crippen LogP contribution is -2.26. The molecule has 7 heteroatoms. The molecule has 2 aromatic heterocycles. The van der Waals surface area contributed by atoms with Gasteiger partial charge in [-0.1, -0.05) is 19.8 Å². The van der Waals surface area contributed by atoms with E-state index >= 15 is 0 Å². The minimum absolute atomic E-state index is 0.131. The summed E-state index contributed by atoms with van der Waals surface area (Å²) in [6.45, 7) is 6.49. The van der Waals surface area contributed by atoms with Gasteiger partial charge in [0.15, 0.2) is 0 Å². The molecule has 1 saturated heterocycles. The molecule has 0 spiro atoms. The summed E-state index contributed by atoms with van der Waals surface area (Å²) in [5.41, 5.74) is 2.19. The summed E-state index contributed by atoms with van der Waals surface area (Å²) in [6.07, 6.45) is 10.7. The number of nitrogens with one attached hydrogen (secondary N) is 1. The van der Waals surface area contributed by atoms with Crippen molar-refractivity contribution in [2.24, 2.45) is 5.92 Å². The van der Waals surface area contributed by atoms with Gasteiger partial charge in [0, 0.05) is 44.0 Å². The Hall–Kier alpha value is -1.99. The lowest BCUT2D eigenvalue weighted by Gasteiger charge is -2.28. The van der Waals surface area contributed by atoms with E-state index in [1.165, 1.54) is 31.2 Å². The van der Waals surface area contributed by atoms with Crippen molar-refractivity contribution < 1.29 is 14.2 Å². The van der Waals surface area contributed by atoms with E-state index in [1.54, 1.807) is 7.11 Å². The number of methoxy groups -OCH3 is 1. The fraction of sp³-hybridized carbons (Fsp3) is 0.696. The Morgan fingerprint density at radius 2 is 1.87 bits per heavy atom. The molecule has 0 aromatic carbocycles. The Morgan fingerprint density at radius 1 is 1.10 bits per heavy atom. The Bertz CT molecular complexity index is 833. The second kappa shape index (κ2) is 9.88. The molecule has 1 saturated carbocycles. The van der Waals surface area contributed by atoms with Gasteiger partial charge in [0.2, 0.25) is 11.8 Å². The molecule has 164 valence electrons. The number of hydrogen-bond donors (Lipinski definition) is 1. The number of pyridine rings is 1. The number of anilines is 1. The predicted octanol–water partition coefficient (Wildman–Crippen LogP) is 4.32. The Balaban J connectivity index is 1.67. The molecular weight excluding hydrogens is 380 g/mol. The second-order valence-corrected chi connectivity index (χ2v) is 8.86. The van der Waals surface area contributed by atoms with Crippen LogP contribution in [0.5, 0.6) is 5.88 Å². The molecule has 1 N–H and O–H groups in total. The van der Waals surface area contributed by atoms with E-state index in [9.17, 15) is 0 Å². The molecule has 3 heterocycles. The zero-order valence-electron chi connectivity index (χ0n) is 18.4. The molecule has 1 unspecified atom stereocenters. The van der Waals surface area contributed by atoms with Crippen LogP contribution in [0.25, 0.3) is 10.9 Å². The predicted molar refractivity (Wildman–Crippen MR) is 117 cm³/mol. The summed E-state index contributed by atoms with van der Waals surface area (Å²) in [5, 5.41) is 4.25. The van der Waals surface area contributed by atoms with Crippen molar-refractivity contribution >= 4 is 16.9 Å². The molecule has 0 amide bonds. The van der Waals surface area contributed by atoms with Crippen LogP contribution in [0.1, 0.15) is 63.9 Å². The van der Waals surface area contributed by atoms with E-state index in [0.29, 0.717) is 24.4 Å². The van der Waals surface area contributed by atoms with Crippen LogP contribution in [0.4, 0.5) is 5.95 Å². The first-order chi connectivity index (χ1) is 14.6. The van der Waals surface area contributed by atoms with Gasteiger partial charge < -0.3 is 19.5 Å². The molecular formula is C23H34N4O3. The minimum Gasteiger partial charge on any atom is -0.474 e. The molecule has 0 radical (unpaired) electrons. The number of aromatic nitrogens is 3. The van der Waals surface area contributed by atoms with Crippen molar-refractivity contribution in [3.63, 3.8) is 0 Å². The summed E-state index contributed by atoms with van der Waals surface area (Å²) >= 11 is 0. The van der Waals surface area contributed by atoms with Crippen molar-refractivity contribution in [1.29, 1.82) is 0 Å². The van der Waals surface area contributed by atoms with Gasteiger partial charge in [-0.05, 0) is 31.6 Å². The van der Waals surface area contributed by atoms with Gasteiger partial charge >= 0.3 is 0 Å². The highest BCUT2D eigenvalue weighted by atomic mass is 16.5. The highest BCUT2D eigenvalue weighted by Crippen LogP contribution is 2.39. The fourth-order valence-electron chi connectivity index (χ4n) is 4.51. The van der Waals surface area contributed by atoms with Crippen molar-refractivity contribution in [2.45, 2.75) is 70.4 Å². The number of fused-ring (bicyclic) bond motifs is 1. The molecule has 0 bridgehead atoms. The summed E-state index contributed by atoms with van der Waals surface area (Å²) in [7, 11) is 1.70. The minimum atomic E-state index is 0.131. The monoisotopic (exact) mass is 414 g/mol. The number of hydrogen-bond acceptors (Lipinski definition) is 7. The highest BCUT2D eigenvalue weighted by molar-refractivity contribution is 5.86. The first kappa shape index (κ1) is 21.2. The summed E-state index contributed by atoms with van der Waals surface area (Å²) in [5.74, 6) is 2.56. The molecule has 7 nitrogen and oxygen atoms in total. The largest absolute Gasteiger partial charge is 0.474 e. The SMILES string of the molecule is COCC(C)Nc1ncc2c(OC3CCOCC3)ncc(C3CCC(C)CC3)c2n1. The fourth-order valence-corrected chi connectivity index (χ4v) is 4.51. The maximum Gasteiger partial charge on any atom is 0.224 e. The molecule has 4 rings (SSSR count). The summed E-state index contributed by atoms with van der Waals surface area (Å²) in [6, 6.07) is 0.131. The van der Waals surface area contributed by atoms with Crippen LogP contribution in [0.2, 0.25) is 0 Å². The van der Waals surface area contributed by atoms with Crippen molar-refractivity contribution in [2.75, 3.05) is 32.2 Å². The number of rotatable bonds is 7. The van der Waals surface area contributed by atoms with E-state index in [-0.39, 0.29) is 12.1 Å². The third-order valence-corrected chi connectivity index (χ3v) is 6.31. The van der Waals surface area contributed by atoms with Crippen molar-refractivity contribution in [1.82, 2.24) is 15.0 Å². The van der Waals surface area contributed by atoms with E-state index in [2.05, 4.69) is 24.1 Å². The molecule has 30 heavy (non-hydrogen) atoms. The average Bonchev–Trinajstić information content (AvgIpc) is 2.75. The van der Waals surface area contributed by atoms with Gasteiger partial charge in [0.05, 0.1) is 30.7 Å². The van der Waals surface area contributed by atoms with Crippen molar-refractivity contribution in [3.05, 3.63) is 18.0 Å². The highest BCUT2D eigenvalue weighted by Gasteiger charge is 2.25. The Morgan fingerprint density at radius 3 is 2.60 bits per heavy atom. The quantitative estimate of drug-likeness (QED) is 0.723. The topological polar surface area (TPSA) is 78.4 Å². The summed E-state index contributed by atoms with van der Waals surface area (Å²) < 4.78 is 17.0. The smallest absolute Gasteiger partial charge is 0.224 e. The van der Waals surface area contributed by atoms with Crippen LogP contribution in [0.15, 0.2) is 12.4 Å². The van der Waals surface area contributed by atoms with Crippen LogP contribution in [0.3, 0.4) is 0 Å². The molecule has 2 fully saturated rings. The van der Waals surface area contributed by atoms with Crippen LogP contribution in [0, 0.1) is 5.92 Å². The second-order valence-electron chi connectivity index (χ2n) is 8.86. The standard InChI is InChI=1S/C23H34N4O3/c1-15-4-6-17(7-5-15)19-12-24-22(30-18-8-10-29-11-9-18)20-13-25-23(27-21(19)20)26-16(2)14-28-3/h12-13,15-18H,4-11,14H2,1-3H3,(H,25,26,27). The molecule has 1 aliphatic carbocycles. The Labute approximate surface area is 178 Å². The van der Waals surface area contributed by atoms with Gasteiger partial charge in [-0.2, -0.15) is 0 Å². The first-order valence-electron chi connectivity index (χ1n) is 11.3. The van der Waals surface area contributed by atoms with E-state index in [0.717, 1.165) is 42.9 Å². The number of nitrogens with zero attached hydrogens (tertiary/aromatic N) is 3. The normalized spacial score (nSPS) is 24.0. The third kappa shape index (κ3) is 5.01. The van der Waals surface area contributed by atoms with Gasteiger partial charge in [0.1, 0.15) is 6.10 Å². The zero-order valence-corrected chi connectivity index (χ0v) is 18.4. The van der Waals surface area contributed by atoms with Crippen LogP contribution in [-0.2, 0) is 9.47 Å². The van der Waals surface area contributed by atoms with Crippen LogP contribution >= 0.6 is 0 Å². The molecule has 2 aromatic rings. The van der Waals surface area contributed by atoms with Gasteiger partial charge in [-0.25, -0.2) is 15.0 Å². The molecule has 1 atom stereocenters. The molecule has 1 aliphatic heterocycles. The van der Waals surface area contributed by atoms with E-state index < -0.39 is 0 Å². The van der Waals surface area contributed by atoms with Crippen LogP contribution < -0.4 is 10.1 Å².